The van der Waals surface area contributed by atoms with Gasteiger partial charge in [-0.3, -0.25) is 4.57 Å². The molecule has 0 fully saturated rings. The Kier molecular flexibility index (Phi) is 7.89. The zero-order valence-electron chi connectivity index (χ0n) is 64.8. The monoisotopic (exact) mass is 1200 g/mol. The van der Waals surface area contributed by atoms with Gasteiger partial charge in [0.15, 0.2) is 8.07 Å². The first-order chi connectivity index (χ1) is 45.8. The third kappa shape index (κ3) is 8.93. The summed E-state index contributed by atoms with van der Waals surface area (Å²) in [5.74, 6) is 0.979. The van der Waals surface area contributed by atoms with Gasteiger partial charge in [-0.2, -0.15) is 18.2 Å². The molecule has 9 aromatic carbocycles. The molecule has 12 aromatic rings. The molecule has 0 radical (unpaired) electrons. The van der Waals surface area contributed by atoms with Gasteiger partial charge in [-0.1, -0.05) is 216 Å². The molecule has 0 unspecified atom stereocenters. The summed E-state index contributed by atoms with van der Waals surface area (Å²) in [6, 6.07) is 15.1. The molecule has 7 heteroatoms. The zero-order valence-corrected chi connectivity index (χ0v) is 45.1. The van der Waals surface area contributed by atoms with Crippen LogP contribution < -0.4 is 30.1 Å². The predicted octanol–water partition coefficient (Wildman–Crippen LogP) is 13.5. The van der Waals surface area contributed by atoms with Gasteiger partial charge in [0.25, 0.3) is 6.33 Å². The number of aryl methyl sites for hydroxylation is 1. The largest absolute Gasteiger partial charge is 0.510 e. The summed E-state index contributed by atoms with van der Waals surface area (Å²) >= 11 is 0. The molecular weight excluding hydrogens is 1120 g/mol. The van der Waals surface area contributed by atoms with Crippen LogP contribution in [0.5, 0.6) is 11.5 Å². The van der Waals surface area contributed by atoms with Gasteiger partial charge in [0, 0.05) is 48.4 Å². The number of nitrogens with zero attached hydrogens (tertiary/aromatic N) is 4. The Bertz CT molecular complexity index is 5140. The van der Waals surface area contributed by atoms with Gasteiger partial charge >= 0.3 is 0 Å². The Labute approximate surface area is 494 Å². The third-order valence-electron chi connectivity index (χ3n) is 13.2. The second kappa shape index (κ2) is 20.0. The third-order valence-corrected chi connectivity index (χ3v) is 17.4. The molecule has 0 aliphatic rings. The first-order valence-corrected chi connectivity index (χ1v) is 26.0. The van der Waals surface area contributed by atoms with Crippen molar-refractivity contribution in [1.29, 1.82) is 0 Å². The number of hydrogen-bond donors (Lipinski definition) is 0. The van der Waals surface area contributed by atoms with Crippen LogP contribution in [-0.4, -0.2) is 22.2 Å². The molecule has 0 aliphatic carbocycles. The van der Waals surface area contributed by atoms with E-state index in [1.165, 1.54) is 33.4 Å². The van der Waals surface area contributed by atoms with Crippen LogP contribution in [0.15, 0.2) is 224 Å². The van der Waals surface area contributed by atoms with Crippen molar-refractivity contribution in [2.45, 2.75) is 59.2 Å². The number of pyridine rings is 1. The molecule has 12 rings (SSSR count). The van der Waals surface area contributed by atoms with Gasteiger partial charge < -0.3 is 13.9 Å². The van der Waals surface area contributed by atoms with E-state index < -0.39 is 167 Å². The quantitative estimate of drug-likeness (QED) is 0.0592. The summed E-state index contributed by atoms with van der Waals surface area (Å²) in [6.07, 6.45) is 5.13. The average Bonchev–Trinajstić information content (AvgIpc) is 1.42. The molecule has 0 atom stereocenters. The summed E-state index contributed by atoms with van der Waals surface area (Å²) < 4.78 is 225. The molecule has 0 saturated carbocycles. The first kappa shape index (κ1) is 30.0. The summed E-state index contributed by atoms with van der Waals surface area (Å²) in [5.41, 5.74) is 0.406. The molecule has 3 aromatic heterocycles. The minimum atomic E-state index is -6.19. The number of fused-ring (bicyclic) bond motifs is 4. The Hall–Kier alpha value is -7.89. The standard InChI is InChI=1S/C69H58N4OSi.Pt/c1-48-41-60(69(5,6)7)67(65(42-48)75(55-27-14-9-15-28-55,56-29-16-10-17-30-56)57-31-18-11-19-32-57)72-47-71(64-43-50(35-38-62(64)72)49-23-12-8-13-24-49)52-25-22-26-53(45-52)74-54-36-37-59-58-33-20-21-34-61(58)73(63(59)46-54)66-44-51(39-40-70-66)68(2,3)4;/h8-44H,1-7H3;/q-2;/i1D3,8D,9D,10D,11D,12D,13D,14D,15D,16D,17D,18D,19D,23D,24D,27D,28D,29D,30D,31D,32D;. The van der Waals surface area contributed by atoms with Crippen molar-refractivity contribution < 1.29 is 61.9 Å². The van der Waals surface area contributed by atoms with Crippen molar-refractivity contribution in [2.24, 2.45) is 0 Å². The summed E-state index contributed by atoms with van der Waals surface area (Å²) in [4.78, 5) is 4.80. The molecule has 5 nitrogen and oxygen atoms in total. The molecule has 376 valence electrons. The first-order valence-electron chi connectivity index (χ1n) is 35.5. The Balaban J connectivity index is 0.00000990. The van der Waals surface area contributed by atoms with Crippen LogP contribution in [0.25, 0.3) is 61.2 Å². The number of para-hydroxylation sites is 1. The van der Waals surface area contributed by atoms with Crippen LogP contribution >= 0.6 is 0 Å². The van der Waals surface area contributed by atoms with Crippen molar-refractivity contribution in [3.8, 4) is 39.8 Å². The van der Waals surface area contributed by atoms with E-state index in [9.17, 15) is 16.4 Å². The second-order valence-corrected chi connectivity index (χ2v) is 23.5. The fraction of sp³-hybridized carbons (Fsp3) is 0.130. The van der Waals surface area contributed by atoms with E-state index in [0.717, 1.165) is 27.9 Å². The van der Waals surface area contributed by atoms with Crippen LogP contribution in [0, 0.1) is 25.3 Å². The molecule has 76 heavy (non-hydrogen) atoms. The predicted molar refractivity (Wildman–Crippen MR) is 311 cm³/mol. The molecule has 0 amide bonds. The van der Waals surface area contributed by atoms with Crippen LogP contribution in [0.3, 0.4) is 0 Å². The number of hydrogen-bond acceptors (Lipinski definition) is 2. The van der Waals surface area contributed by atoms with Crippen LogP contribution in [0.1, 0.15) is 89.8 Å². The van der Waals surface area contributed by atoms with Gasteiger partial charge in [-0.25, -0.2) is 4.98 Å². The molecule has 0 saturated heterocycles. The number of rotatable bonds is 10. The topological polar surface area (TPSA) is 35.9 Å². The van der Waals surface area contributed by atoms with E-state index in [4.69, 9.17) is 24.8 Å². The van der Waals surface area contributed by atoms with Gasteiger partial charge in [0.1, 0.15) is 5.82 Å². The van der Waals surface area contributed by atoms with Crippen molar-refractivity contribution in [3.63, 3.8) is 0 Å². The zero-order chi connectivity index (χ0) is 71.4. The number of ether oxygens (including phenoxy) is 1. The minimum Gasteiger partial charge on any atom is -0.510 e. The van der Waals surface area contributed by atoms with Gasteiger partial charge in [-0.15, -0.1) is 29.7 Å². The SMILES string of the molecule is [2H]c1c([2H])c([2H])c(-c2ccc3c(c2)n(-c2[c-]c(Oc4[c-]c5c(cc4)c4ccccc4n5-c4cc(C(C)(C)C)ccn4)ccc2)[c-][n+]3-c2c(C(C)(C)C)cc(C([2H])([2H])[2H])cc2[Si](c2c([2H])c([2H])c([2H])c([2H])c2[2H])(c2c([2H])c([2H])c([2H])c([2H])c2[2H])c2c([2H])c([2H])c([2H])c([2H])c2[2H])c([2H])c1[2H].[Pt]. The maximum Gasteiger partial charge on any atom is 0.268 e. The minimum absolute atomic E-state index is 0. The summed E-state index contributed by atoms with van der Waals surface area (Å²) in [6.45, 7) is 8.21. The normalized spacial score (nSPS) is 16.5. The Morgan fingerprint density at radius 1 is 0.592 bits per heavy atom. The fourth-order valence-electron chi connectivity index (χ4n) is 9.75. The van der Waals surface area contributed by atoms with Crippen LogP contribution in [-0.2, 0) is 31.9 Å². The molecule has 3 heterocycles. The second-order valence-electron chi connectivity index (χ2n) is 20.0. The van der Waals surface area contributed by atoms with Crippen molar-refractivity contribution >= 4 is 61.7 Å². The van der Waals surface area contributed by atoms with E-state index in [1.54, 1.807) is 51.2 Å². The summed E-state index contributed by atoms with van der Waals surface area (Å²) in [5, 5.41) is -1.36. The van der Waals surface area contributed by atoms with E-state index in [0.29, 0.717) is 11.3 Å². The van der Waals surface area contributed by atoms with Crippen molar-refractivity contribution in [1.82, 2.24) is 14.1 Å². The molecule has 0 N–H and O–H groups in total. The van der Waals surface area contributed by atoms with Gasteiger partial charge in [0.05, 0.1) is 44.1 Å². The Morgan fingerprint density at radius 2 is 1.24 bits per heavy atom. The van der Waals surface area contributed by atoms with Crippen LogP contribution in [0.4, 0.5) is 0 Å². The molecule has 0 aliphatic heterocycles. The van der Waals surface area contributed by atoms with E-state index in [1.807, 2.05) is 47.0 Å². The average molecular weight is 1210 g/mol. The number of benzene rings is 9. The maximum atomic E-state index is 9.96. The van der Waals surface area contributed by atoms with Crippen LogP contribution in [0.2, 0.25) is 0 Å². The van der Waals surface area contributed by atoms with E-state index in [2.05, 4.69) is 39.2 Å². The Morgan fingerprint density at radius 3 is 1.88 bits per heavy atom. The number of aromatic nitrogens is 4. The van der Waals surface area contributed by atoms with E-state index >= 15 is 0 Å². The van der Waals surface area contributed by atoms with Crippen molar-refractivity contribution in [2.75, 3.05) is 0 Å². The van der Waals surface area contributed by atoms with Crippen molar-refractivity contribution in [3.05, 3.63) is 259 Å². The number of imidazole rings is 1. The maximum absolute atomic E-state index is 9.96. The molecular formula is C69H58N4OPtSi-2. The molecule has 0 bridgehead atoms. The fourth-order valence-corrected chi connectivity index (χ4v) is 13.8. The van der Waals surface area contributed by atoms with Gasteiger partial charge in [-0.05, 0) is 96.0 Å². The van der Waals surface area contributed by atoms with Gasteiger partial charge in [0.2, 0.25) is 0 Å². The smallest absolute Gasteiger partial charge is 0.268 e. The summed E-state index contributed by atoms with van der Waals surface area (Å²) in [7, 11) is -6.19. The van der Waals surface area contributed by atoms with E-state index in [-0.39, 0.29) is 77.1 Å². The molecule has 0 spiro atoms.